The van der Waals surface area contributed by atoms with Gasteiger partial charge in [0.15, 0.2) is 5.96 Å². The lowest BCUT2D eigenvalue weighted by molar-refractivity contribution is 0.458. The Labute approximate surface area is 119 Å². The summed E-state index contributed by atoms with van der Waals surface area (Å²) in [5.74, 6) is 1.41. The summed E-state index contributed by atoms with van der Waals surface area (Å²) in [5, 5.41) is 0. The number of hydrogen-bond donors (Lipinski definition) is 1. The maximum atomic E-state index is 5.96. The lowest BCUT2D eigenvalue weighted by atomic mass is 10.2. The summed E-state index contributed by atoms with van der Waals surface area (Å²) >= 11 is 0. The third-order valence-corrected chi connectivity index (χ3v) is 3.09. The van der Waals surface area contributed by atoms with Crippen molar-refractivity contribution in [3.63, 3.8) is 0 Å². The first kappa shape index (κ1) is 14.0. The molecule has 106 valence electrons. The molecule has 0 saturated carbocycles. The number of pyridine rings is 1. The van der Waals surface area contributed by atoms with Gasteiger partial charge >= 0.3 is 0 Å². The van der Waals surface area contributed by atoms with E-state index in [9.17, 15) is 0 Å². The van der Waals surface area contributed by atoms with Crippen molar-refractivity contribution in [2.75, 3.05) is 13.1 Å². The van der Waals surface area contributed by atoms with Gasteiger partial charge in [0.25, 0.3) is 0 Å². The molecule has 0 atom stereocenters. The second kappa shape index (κ2) is 6.70. The van der Waals surface area contributed by atoms with Crippen LogP contribution in [0.1, 0.15) is 19.4 Å². The average molecular weight is 272 g/mol. The molecular formula is C14H20N6. The number of aromatic nitrogens is 3. The van der Waals surface area contributed by atoms with Gasteiger partial charge in [0.05, 0.1) is 6.54 Å². The van der Waals surface area contributed by atoms with Crippen molar-refractivity contribution in [3.05, 3.63) is 42.6 Å². The van der Waals surface area contributed by atoms with E-state index in [1.807, 2.05) is 27.8 Å². The highest BCUT2D eigenvalue weighted by molar-refractivity contribution is 5.78. The Morgan fingerprint density at radius 3 is 2.80 bits per heavy atom. The molecule has 0 spiro atoms. The van der Waals surface area contributed by atoms with E-state index in [4.69, 9.17) is 5.73 Å². The minimum atomic E-state index is 0.548. The Morgan fingerprint density at radius 1 is 1.35 bits per heavy atom. The number of guanidine groups is 1. The van der Waals surface area contributed by atoms with Gasteiger partial charge < -0.3 is 10.6 Å². The largest absolute Gasteiger partial charge is 0.370 e. The zero-order valence-corrected chi connectivity index (χ0v) is 11.9. The first-order valence-corrected chi connectivity index (χ1v) is 6.72. The van der Waals surface area contributed by atoms with E-state index < -0.39 is 0 Å². The van der Waals surface area contributed by atoms with Crippen LogP contribution in [-0.2, 0) is 6.54 Å². The lowest BCUT2D eigenvalue weighted by Crippen LogP contribution is -2.37. The molecule has 0 saturated heterocycles. The molecule has 0 unspecified atom stereocenters. The molecule has 20 heavy (non-hydrogen) atoms. The minimum Gasteiger partial charge on any atom is -0.370 e. The summed E-state index contributed by atoms with van der Waals surface area (Å²) in [5.41, 5.74) is 7.03. The average Bonchev–Trinajstić information content (AvgIpc) is 3.01. The van der Waals surface area contributed by atoms with Gasteiger partial charge in [0, 0.05) is 31.7 Å². The second-order valence-corrected chi connectivity index (χ2v) is 4.34. The molecule has 0 aliphatic rings. The van der Waals surface area contributed by atoms with Gasteiger partial charge in [-0.1, -0.05) is 0 Å². The van der Waals surface area contributed by atoms with E-state index in [1.54, 1.807) is 18.7 Å². The first-order chi connectivity index (χ1) is 9.74. The van der Waals surface area contributed by atoms with Crippen LogP contribution in [0.25, 0.3) is 5.82 Å². The number of nitrogens with zero attached hydrogens (tertiary/aromatic N) is 5. The molecule has 6 heteroatoms. The van der Waals surface area contributed by atoms with Crippen LogP contribution in [0.2, 0.25) is 0 Å². The summed E-state index contributed by atoms with van der Waals surface area (Å²) in [6.45, 7) is 6.41. The van der Waals surface area contributed by atoms with Crippen molar-refractivity contribution in [2.24, 2.45) is 10.7 Å². The number of nitrogens with two attached hydrogens (primary N) is 1. The third kappa shape index (κ3) is 3.34. The van der Waals surface area contributed by atoms with Crippen molar-refractivity contribution in [3.8, 4) is 5.82 Å². The maximum Gasteiger partial charge on any atom is 0.191 e. The summed E-state index contributed by atoms with van der Waals surface area (Å²) in [4.78, 5) is 14.8. The monoisotopic (exact) mass is 272 g/mol. The molecule has 0 radical (unpaired) electrons. The molecule has 2 rings (SSSR count). The van der Waals surface area contributed by atoms with Gasteiger partial charge in [0.2, 0.25) is 0 Å². The smallest absolute Gasteiger partial charge is 0.191 e. The summed E-state index contributed by atoms with van der Waals surface area (Å²) in [7, 11) is 0. The van der Waals surface area contributed by atoms with Crippen molar-refractivity contribution in [2.45, 2.75) is 20.4 Å². The maximum absolute atomic E-state index is 5.96. The zero-order valence-electron chi connectivity index (χ0n) is 11.9. The van der Waals surface area contributed by atoms with E-state index >= 15 is 0 Å². The van der Waals surface area contributed by atoms with Gasteiger partial charge in [-0.05, 0) is 31.5 Å². The van der Waals surface area contributed by atoms with Crippen molar-refractivity contribution in [1.82, 2.24) is 19.4 Å². The van der Waals surface area contributed by atoms with E-state index in [0.717, 1.165) is 24.5 Å². The molecular weight excluding hydrogens is 252 g/mol. The molecule has 2 aromatic rings. The number of hydrogen-bond acceptors (Lipinski definition) is 3. The van der Waals surface area contributed by atoms with Crippen LogP contribution in [0, 0.1) is 0 Å². The van der Waals surface area contributed by atoms with Crippen molar-refractivity contribution >= 4 is 5.96 Å². The highest BCUT2D eigenvalue weighted by atomic mass is 15.2. The highest BCUT2D eigenvalue weighted by Crippen LogP contribution is 2.08. The zero-order chi connectivity index (χ0) is 14.4. The number of imidazole rings is 1. The molecule has 0 aliphatic heterocycles. The lowest BCUT2D eigenvalue weighted by Gasteiger charge is -2.19. The Balaban J connectivity index is 2.11. The standard InChI is InChI=1S/C14H20N6/c1-3-19(4-2)14(15)18-10-12-5-6-17-13(9-12)20-8-7-16-11-20/h5-9,11H,3-4,10H2,1-2H3,(H2,15,18). The quantitative estimate of drug-likeness (QED) is 0.660. The van der Waals surface area contributed by atoms with E-state index in [-0.39, 0.29) is 0 Å². The van der Waals surface area contributed by atoms with Gasteiger partial charge in [-0.15, -0.1) is 0 Å². The second-order valence-electron chi connectivity index (χ2n) is 4.34. The Bertz CT molecular complexity index is 557. The number of rotatable bonds is 5. The van der Waals surface area contributed by atoms with Crippen LogP contribution in [0.15, 0.2) is 42.0 Å². The Hall–Kier alpha value is -2.37. The van der Waals surface area contributed by atoms with Gasteiger partial charge in [0.1, 0.15) is 12.1 Å². The summed E-state index contributed by atoms with van der Waals surface area (Å²) in [6, 6.07) is 3.93. The first-order valence-electron chi connectivity index (χ1n) is 6.72. The van der Waals surface area contributed by atoms with Gasteiger partial charge in [-0.2, -0.15) is 0 Å². The van der Waals surface area contributed by atoms with Crippen LogP contribution in [0.5, 0.6) is 0 Å². The van der Waals surface area contributed by atoms with E-state index in [1.165, 1.54) is 0 Å². The third-order valence-electron chi connectivity index (χ3n) is 3.09. The topological polar surface area (TPSA) is 72.3 Å². The van der Waals surface area contributed by atoms with E-state index in [0.29, 0.717) is 12.5 Å². The molecule has 0 aliphatic carbocycles. The number of aliphatic imine (C=N–C) groups is 1. The molecule has 0 bridgehead atoms. The summed E-state index contributed by atoms with van der Waals surface area (Å²) < 4.78 is 1.86. The van der Waals surface area contributed by atoms with Crippen LogP contribution in [0.3, 0.4) is 0 Å². The van der Waals surface area contributed by atoms with Crippen molar-refractivity contribution < 1.29 is 0 Å². The van der Waals surface area contributed by atoms with Crippen LogP contribution >= 0.6 is 0 Å². The molecule has 6 nitrogen and oxygen atoms in total. The SMILES string of the molecule is CCN(CC)C(N)=NCc1ccnc(-n2ccnc2)c1. The fraction of sp³-hybridized carbons (Fsp3) is 0.357. The van der Waals surface area contributed by atoms with Crippen molar-refractivity contribution in [1.29, 1.82) is 0 Å². The fourth-order valence-electron chi connectivity index (χ4n) is 1.91. The molecule has 2 heterocycles. The van der Waals surface area contributed by atoms with Crippen LogP contribution < -0.4 is 5.73 Å². The molecule has 2 aromatic heterocycles. The Kier molecular flexibility index (Phi) is 4.70. The molecule has 0 aromatic carbocycles. The van der Waals surface area contributed by atoms with E-state index in [2.05, 4.69) is 28.8 Å². The van der Waals surface area contributed by atoms with Gasteiger partial charge in [-0.25, -0.2) is 15.0 Å². The Morgan fingerprint density at radius 2 is 2.15 bits per heavy atom. The molecule has 0 amide bonds. The normalized spacial score (nSPS) is 11.6. The van der Waals surface area contributed by atoms with Gasteiger partial charge in [-0.3, -0.25) is 4.57 Å². The molecule has 2 N–H and O–H groups in total. The fourth-order valence-corrected chi connectivity index (χ4v) is 1.91. The highest BCUT2D eigenvalue weighted by Gasteiger charge is 2.03. The van der Waals surface area contributed by atoms with Crippen LogP contribution in [-0.4, -0.2) is 38.5 Å². The summed E-state index contributed by atoms with van der Waals surface area (Å²) in [6.07, 6.45) is 7.08. The predicted molar refractivity (Wildman–Crippen MR) is 79.6 cm³/mol. The minimum absolute atomic E-state index is 0.548. The van der Waals surface area contributed by atoms with Crippen LogP contribution in [0.4, 0.5) is 0 Å². The molecule has 0 fully saturated rings. The predicted octanol–water partition coefficient (Wildman–Crippen LogP) is 1.42.